The van der Waals surface area contributed by atoms with Gasteiger partial charge in [0.05, 0.1) is 28.9 Å². The highest BCUT2D eigenvalue weighted by atomic mass is 35.5. The monoisotopic (exact) mass is 571 g/mol. The molecule has 0 saturated carbocycles. The second-order valence-corrected chi connectivity index (χ2v) is 13.3. The molecular formula is C26H28ClF2NO5S2. The summed E-state index contributed by atoms with van der Waals surface area (Å²) in [6.07, 6.45) is 1.86. The van der Waals surface area contributed by atoms with Gasteiger partial charge in [-0.3, -0.25) is 4.79 Å². The van der Waals surface area contributed by atoms with E-state index in [1.165, 1.54) is 36.0 Å². The number of amides is 1. The van der Waals surface area contributed by atoms with Crippen LogP contribution in [0.15, 0.2) is 41.3 Å². The second kappa shape index (κ2) is 10.7. The number of hydrogen-bond donors (Lipinski definition) is 0. The average Bonchev–Trinajstić information content (AvgIpc) is 3.43. The maximum absolute atomic E-state index is 15.4. The van der Waals surface area contributed by atoms with Crippen molar-refractivity contribution in [1.29, 1.82) is 0 Å². The van der Waals surface area contributed by atoms with E-state index in [2.05, 4.69) is 0 Å². The molecule has 0 N–H and O–H groups in total. The Morgan fingerprint density at radius 1 is 1.11 bits per heavy atom. The Morgan fingerprint density at radius 3 is 2.54 bits per heavy atom. The zero-order valence-electron chi connectivity index (χ0n) is 20.1. The number of fused-ring (bicyclic) bond motifs is 3. The zero-order valence-corrected chi connectivity index (χ0v) is 22.5. The first-order chi connectivity index (χ1) is 17.8. The van der Waals surface area contributed by atoms with Crippen molar-refractivity contribution in [1.82, 2.24) is 4.90 Å². The number of carbonyl (C=O) groups excluding carboxylic acids is 1. The highest BCUT2D eigenvalue weighted by Crippen LogP contribution is 2.56. The van der Waals surface area contributed by atoms with Crippen LogP contribution in [0.1, 0.15) is 31.2 Å². The van der Waals surface area contributed by atoms with E-state index in [1.54, 1.807) is 0 Å². The van der Waals surface area contributed by atoms with Gasteiger partial charge in [0.25, 0.3) is 0 Å². The van der Waals surface area contributed by atoms with Crippen LogP contribution in [0.25, 0.3) is 0 Å². The number of ether oxygens (including phenoxy) is 2. The SMILES string of the molecule is O=C(CSCC[C@@H]1OCC[C@@]2(S(=O)(=O)c3ccc(Cl)cc3)c3c(F)ccc(F)c3OC[C@@H]12)N1CCCC1. The van der Waals surface area contributed by atoms with Crippen LogP contribution in [-0.2, 0) is 24.1 Å². The fourth-order valence-electron chi connectivity index (χ4n) is 5.75. The molecule has 2 aromatic carbocycles. The minimum Gasteiger partial charge on any atom is -0.490 e. The van der Waals surface area contributed by atoms with Gasteiger partial charge < -0.3 is 14.4 Å². The molecule has 3 aliphatic heterocycles. The van der Waals surface area contributed by atoms with Gasteiger partial charge in [-0.25, -0.2) is 17.2 Å². The molecule has 1 amide bonds. The van der Waals surface area contributed by atoms with Gasteiger partial charge in [-0.15, -0.1) is 0 Å². The van der Waals surface area contributed by atoms with E-state index >= 15 is 4.39 Å². The van der Waals surface area contributed by atoms with Crippen LogP contribution in [0.3, 0.4) is 0 Å². The lowest BCUT2D eigenvalue weighted by atomic mass is 9.75. The average molecular weight is 572 g/mol. The fourth-order valence-corrected chi connectivity index (χ4v) is 9.12. The number of benzene rings is 2. The molecule has 3 heterocycles. The molecule has 11 heteroatoms. The minimum atomic E-state index is -4.23. The Labute approximate surface area is 224 Å². The molecule has 2 fully saturated rings. The van der Waals surface area contributed by atoms with Gasteiger partial charge in [0.1, 0.15) is 10.6 Å². The largest absolute Gasteiger partial charge is 0.490 e. The molecule has 3 aliphatic rings. The summed E-state index contributed by atoms with van der Waals surface area (Å²) in [5.74, 6) is -1.79. The molecule has 5 rings (SSSR count). The molecule has 2 saturated heterocycles. The standard InChI is InChI=1S/C26H28ClF2NO5S2/c27-17-3-5-18(6-4-17)37(32,33)26-10-13-34-22(9-14-36-16-23(31)30-11-1-2-12-30)19(26)15-35-25-21(29)8-7-20(28)24(25)26/h3-8,19,22H,1-2,9-16H2/t19-,22-,26-/m0/s1. The summed E-state index contributed by atoms with van der Waals surface area (Å²) in [6, 6.07) is 7.60. The normalized spacial score (nSPS) is 25.3. The van der Waals surface area contributed by atoms with Crippen LogP contribution in [0.5, 0.6) is 5.75 Å². The molecule has 0 aromatic heterocycles. The second-order valence-electron chi connectivity index (χ2n) is 9.59. The molecule has 37 heavy (non-hydrogen) atoms. The van der Waals surface area contributed by atoms with Crippen LogP contribution < -0.4 is 4.74 Å². The summed E-state index contributed by atoms with van der Waals surface area (Å²) >= 11 is 7.46. The maximum Gasteiger partial charge on any atom is 0.232 e. The summed E-state index contributed by atoms with van der Waals surface area (Å²) in [5.41, 5.74) is -0.274. The predicted molar refractivity (Wildman–Crippen MR) is 138 cm³/mol. The van der Waals surface area contributed by atoms with E-state index in [4.69, 9.17) is 21.1 Å². The summed E-state index contributed by atoms with van der Waals surface area (Å²) in [6.45, 7) is 1.50. The number of sulfone groups is 1. The van der Waals surface area contributed by atoms with Gasteiger partial charge in [-0.1, -0.05) is 11.6 Å². The van der Waals surface area contributed by atoms with Gasteiger partial charge in [0, 0.05) is 30.6 Å². The third kappa shape index (κ3) is 4.75. The van der Waals surface area contributed by atoms with Crippen LogP contribution >= 0.6 is 23.4 Å². The lowest BCUT2D eigenvalue weighted by Gasteiger charge is -2.50. The molecule has 3 atom stereocenters. The molecule has 0 spiro atoms. The van der Waals surface area contributed by atoms with Gasteiger partial charge in [-0.2, -0.15) is 11.8 Å². The quantitative estimate of drug-likeness (QED) is 0.443. The van der Waals surface area contributed by atoms with E-state index in [9.17, 15) is 17.6 Å². The molecule has 6 nitrogen and oxygen atoms in total. The molecule has 200 valence electrons. The molecule has 0 radical (unpaired) electrons. The van der Waals surface area contributed by atoms with Crippen molar-refractivity contribution in [2.75, 3.05) is 37.8 Å². The zero-order chi connectivity index (χ0) is 26.2. The topological polar surface area (TPSA) is 72.9 Å². The van der Waals surface area contributed by atoms with Crippen molar-refractivity contribution in [3.8, 4) is 5.75 Å². The van der Waals surface area contributed by atoms with Crippen LogP contribution in [0.2, 0.25) is 5.02 Å². The Morgan fingerprint density at radius 2 is 1.81 bits per heavy atom. The first kappa shape index (κ1) is 26.7. The third-order valence-corrected chi connectivity index (χ3v) is 11.4. The van der Waals surface area contributed by atoms with E-state index in [0.717, 1.165) is 38.1 Å². The van der Waals surface area contributed by atoms with E-state index in [-0.39, 0.29) is 41.8 Å². The number of nitrogens with zero attached hydrogens (tertiary/aromatic N) is 1. The van der Waals surface area contributed by atoms with Gasteiger partial charge in [0.15, 0.2) is 21.4 Å². The number of thioether (sulfide) groups is 1. The molecule has 0 unspecified atom stereocenters. The van der Waals surface area contributed by atoms with Crippen molar-refractivity contribution < 1.29 is 31.5 Å². The van der Waals surface area contributed by atoms with E-state index in [1.807, 2.05) is 4.90 Å². The van der Waals surface area contributed by atoms with Crippen LogP contribution in [-0.4, -0.2) is 63.1 Å². The Bertz CT molecular complexity index is 1270. The maximum atomic E-state index is 15.4. The van der Waals surface area contributed by atoms with Crippen LogP contribution in [0.4, 0.5) is 8.78 Å². The molecular weight excluding hydrogens is 544 g/mol. The Balaban J connectivity index is 1.46. The molecule has 2 aromatic rings. The van der Waals surface area contributed by atoms with Gasteiger partial charge in [-0.05, 0) is 67.8 Å². The Kier molecular flexibility index (Phi) is 7.73. The highest BCUT2D eigenvalue weighted by molar-refractivity contribution is 7.99. The summed E-state index contributed by atoms with van der Waals surface area (Å²) in [4.78, 5) is 14.2. The lowest BCUT2D eigenvalue weighted by molar-refractivity contribution is -0.127. The number of likely N-dealkylation sites (tertiary alicyclic amines) is 1. The predicted octanol–water partition coefficient (Wildman–Crippen LogP) is 4.83. The summed E-state index contributed by atoms with van der Waals surface area (Å²) in [5, 5.41) is 0.364. The van der Waals surface area contributed by atoms with Crippen molar-refractivity contribution >= 4 is 39.1 Å². The molecule has 0 aliphatic carbocycles. The smallest absolute Gasteiger partial charge is 0.232 e. The molecule has 0 bridgehead atoms. The highest BCUT2D eigenvalue weighted by Gasteiger charge is 2.61. The minimum absolute atomic E-state index is 0.0235. The lowest BCUT2D eigenvalue weighted by Crippen LogP contribution is -2.57. The summed E-state index contributed by atoms with van der Waals surface area (Å²) in [7, 11) is -4.23. The van der Waals surface area contributed by atoms with Crippen LogP contribution in [0, 0.1) is 17.6 Å². The number of hydrogen-bond acceptors (Lipinski definition) is 6. The van der Waals surface area contributed by atoms with Crippen molar-refractivity contribution in [3.05, 3.63) is 58.6 Å². The van der Waals surface area contributed by atoms with E-state index < -0.39 is 38.2 Å². The van der Waals surface area contributed by atoms with Crippen molar-refractivity contribution in [2.45, 2.75) is 41.4 Å². The number of carbonyl (C=O) groups is 1. The number of halogens is 3. The first-order valence-corrected chi connectivity index (χ1v) is 15.4. The van der Waals surface area contributed by atoms with Gasteiger partial charge in [0.2, 0.25) is 5.91 Å². The van der Waals surface area contributed by atoms with Gasteiger partial charge >= 0.3 is 0 Å². The fraction of sp³-hybridized carbons (Fsp3) is 0.500. The number of rotatable bonds is 7. The van der Waals surface area contributed by atoms with E-state index in [0.29, 0.717) is 22.9 Å². The first-order valence-electron chi connectivity index (χ1n) is 12.3. The van der Waals surface area contributed by atoms with Crippen molar-refractivity contribution in [3.63, 3.8) is 0 Å². The third-order valence-electron chi connectivity index (χ3n) is 7.58. The Hall–Kier alpha value is -1.88. The van der Waals surface area contributed by atoms with Crippen molar-refractivity contribution in [2.24, 2.45) is 5.92 Å². The summed E-state index contributed by atoms with van der Waals surface area (Å²) < 4.78 is 68.7.